The third-order valence-corrected chi connectivity index (χ3v) is 4.60. The lowest BCUT2D eigenvalue weighted by Crippen LogP contribution is -2.20. The van der Waals surface area contributed by atoms with E-state index in [0.29, 0.717) is 5.33 Å². The maximum atomic E-state index is 10.8. The van der Waals surface area contributed by atoms with Crippen molar-refractivity contribution < 1.29 is 4.79 Å². The highest BCUT2D eigenvalue weighted by atomic mass is 79.9. The van der Waals surface area contributed by atoms with E-state index in [-0.39, 0.29) is 16.6 Å². The standard InChI is InChI=1S/C12H15N.C6H11BrO.C6H7N/c1-12(2,3)11-8-9-6-4-5-7-10(9)13-11;1-6(2,3)5(8)4-7;7-6-4-2-1-3-5-6/h4-8,13H,1-3H3;4H2,1-3H3;1-5H,7H2. The first-order valence-corrected chi connectivity index (χ1v) is 10.6. The van der Waals surface area contributed by atoms with Gasteiger partial charge >= 0.3 is 0 Å². The molecule has 0 spiro atoms. The quantitative estimate of drug-likeness (QED) is 0.322. The molecule has 0 amide bonds. The minimum absolute atomic E-state index is 0.177. The van der Waals surface area contributed by atoms with Crippen LogP contribution in [0, 0.1) is 5.41 Å². The number of rotatable bonds is 1. The van der Waals surface area contributed by atoms with Crippen molar-refractivity contribution in [2.45, 2.75) is 47.0 Å². The molecule has 3 rings (SSSR count). The predicted octanol–water partition coefficient (Wildman–Crippen LogP) is 6.73. The summed E-state index contributed by atoms with van der Waals surface area (Å²) in [7, 11) is 0. The van der Waals surface area contributed by atoms with Crippen molar-refractivity contribution in [3.63, 3.8) is 0 Å². The summed E-state index contributed by atoms with van der Waals surface area (Å²) in [5.41, 5.74) is 8.74. The zero-order valence-electron chi connectivity index (χ0n) is 17.8. The largest absolute Gasteiger partial charge is 0.399 e. The Hall–Kier alpha value is -2.07. The molecule has 1 aromatic heterocycles. The van der Waals surface area contributed by atoms with Gasteiger partial charge in [0.2, 0.25) is 0 Å². The molecule has 0 radical (unpaired) electrons. The molecule has 0 unspecified atom stereocenters. The second-order valence-corrected chi connectivity index (χ2v) is 9.30. The van der Waals surface area contributed by atoms with Gasteiger partial charge < -0.3 is 10.7 Å². The van der Waals surface area contributed by atoms with Crippen molar-refractivity contribution in [1.29, 1.82) is 0 Å². The molecule has 0 fully saturated rings. The van der Waals surface area contributed by atoms with Crippen molar-refractivity contribution in [3.05, 3.63) is 66.4 Å². The van der Waals surface area contributed by atoms with Gasteiger partial charge in [0.1, 0.15) is 5.78 Å². The number of hydrogen-bond donors (Lipinski definition) is 2. The van der Waals surface area contributed by atoms with Crippen LogP contribution >= 0.6 is 15.9 Å². The van der Waals surface area contributed by atoms with Crippen LogP contribution in [-0.4, -0.2) is 16.1 Å². The Morgan fingerprint density at radius 3 is 1.82 bits per heavy atom. The summed E-state index contributed by atoms with van der Waals surface area (Å²) >= 11 is 3.10. The Bertz CT molecular complexity index is 822. The van der Waals surface area contributed by atoms with Gasteiger partial charge in [0.05, 0.1) is 5.33 Å². The molecule has 4 heteroatoms. The molecule has 0 atom stereocenters. The molecule has 3 aromatic rings. The normalized spacial score (nSPS) is 11.1. The molecule has 1 heterocycles. The number of Topliss-reactive ketones (excluding diaryl/α,β-unsaturated/α-hetero) is 1. The number of alkyl halides is 1. The molecule has 0 saturated heterocycles. The van der Waals surface area contributed by atoms with E-state index in [0.717, 1.165) is 5.69 Å². The second-order valence-electron chi connectivity index (χ2n) is 8.74. The number of aromatic amines is 1. The van der Waals surface area contributed by atoms with Crippen molar-refractivity contribution in [3.8, 4) is 0 Å². The van der Waals surface area contributed by atoms with Crippen molar-refractivity contribution in [2.75, 3.05) is 11.1 Å². The molecule has 28 heavy (non-hydrogen) atoms. The molecule has 0 aliphatic carbocycles. The fourth-order valence-electron chi connectivity index (χ4n) is 2.13. The van der Waals surface area contributed by atoms with Crippen LogP contribution in [0.2, 0.25) is 0 Å². The van der Waals surface area contributed by atoms with Gasteiger partial charge in [-0.25, -0.2) is 0 Å². The van der Waals surface area contributed by atoms with Crippen LogP contribution in [0.4, 0.5) is 5.69 Å². The number of para-hydroxylation sites is 2. The summed E-state index contributed by atoms with van der Waals surface area (Å²) in [6.45, 7) is 12.4. The number of nitrogen functional groups attached to an aromatic ring is 1. The number of carbonyl (C=O) groups excluding carboxylic acids is 1. The number of H-pyrrole nitrogens is 1. The van der Waals surface area contributed by atoms with Crippen LogP contribution in [0.1, 0.15) is 47.2 Å². The highest BCUT2D eigenvalue weighted by Crippen LogP contribution is 2.25. The van der Waals surface area contributed by atoms with Crippen LogP contribution in [0.15, 0.2) is 60.7 Å². The number of carbonyl (C=O) groups is 1. The smallest absolute Gasteiger partial charge is 0.148 e. The van der Waals surface area contributed by atoms with E-state index in [2.05, 4.69) is 72.0 Å². The van der Waals surface area contributed by atoms with E-state index in [1.807, 2.05) is 51.1 Å². The van der Waals surface area contributed by atoms with E-state index in [4.69, 9.17) is 5.73 Å². The van der Waals surface area contributed by atoms with E-state index in [9.17, 15) is 4.79 Å². The Morgan fingerprint density at radius 2 is 1.46 bits per heavy atom. The molecule has 3 nitrogen and oxygen atoms in total. The summed E-state index contributed by atoms with van der Waals surface area (Å²) in [4.78, 5) is 14.2. The number of halogens is 1. The summed E-state index contributed by atoms with van der Waals surface area (Å²) in [5.74, 6) is 0.248. The number of benzene rings is 2. The molecule has 0 aliphatic heterocycles. The molecule has 2 aromatic carbocycles. The highest BCUT2D eigenvalue weighted by Gasteiger charge is 2.18. The second kappa shape index (κ2) is 10.5. The van der Waals surface area contributed by atoms with E-state index >= 15 is 0 Å². The Kier molecular flexibility index (Phi) is 8.96. The van der Waals surface area contributed by atoms with Gasteiger partial charge in [0.25, 0.3) is 0 Å². The van der Waals surface area contributed by atoms with Crippen LogP contribution in [0.3, 0.4) is 0 Å². The van der Waals surface area contributed by atoms with E-state index in [1.54, 1.807) is 0 Å². The summed E-state index contributed by atoms with van der Waals surface area (Å²) < 4.78 is 0. The summed E-state index contributed by atoms with van der Waals surface area (Å²) in [6.07, 6.45) is 0. The van der Waals surface area contributed by atoms with Crippen molar-refractivity contribution in [1.82, 2.24) is 4.98 Å². The minimum Gasteiger partial charge on any atom is -0.399 e. The number of nitrogens with one attached hydrogen (secondary N) is 1. The maximum absolute atomic E-state index is 10.8. The molecule has 152 valence electrons. The lowest BCUT2D eigenvalue weighted by Gasteiger charge is -2.15. The monoisotopic (exact) mass is 444 g/mol. The third-order valence-electron chi connectivity index (χ3n) is 4.10. The fourth-order valence-corrected chi connectivity index (χ4v) is 2.97. The SMILES string of the molecule is CC(C)(C)C(=O)CBr.CC(C)(C)c1cc2ccccc2[nH]1.Nc1ccccc1. The topological polar surface area (TPSA) is 58.9 Å². The minimum atomic E-state index is -0.177. The fraction of sp³-hybridized carbons (Fsp3) is 0.375. The number of ketones is 1. The van der Waals surface area contributed by atoms with Gasteiger partial charge in [-0.15, -0.1) is 0 Å². The summed E-state index contributed by atoms with van der Waals surface area (Å²) in [5, 5.41) is 1.77. The van der Waals surface area contributed by atoms with Gasteiger partial charge in [0.15, 0.2) is 0 Å². The molecule has 3 N–H and O–H groups in total. The number of aromatic nitrogens is 1. The van der Waals surface area contributed by atoms with Gasteiger partial charge in [-0.2, -0.15) is 0 Å². The lowest BCUT2D eigenvalue weighted by molar-refractivity contribution is -0.123. The first kappa shape index (κ1) is 24.0. The van der Waals surface area contributed by atoms with Crippen LogP contribution in [0.25, 0.3) is 10.9 Å². The molecule has 0 aliphatic rings. The van der Waals surface area contributed by atoms with Gasteiger partial charge in [-0.05, 0) is 29.7 Å². The van der Waals surface area contributed by atoms with Crippen molar-refractivity contribution >= 4 is 38.3 Å². The van der Waals surface area contributed by atoms with Crippen LogP contribution in [0.5, 0.6) is 0 Å². The van der Waals surface area contributed by atoms with Crippen molar-refractivity contribution in [2.24, 2.45) is 5.41 Å². The summed E-state index contributed by atoms with van der Waals surface area (Å²) in [6, 6.07) is 20.1. The molecule has 0 saturated carbocycles. The molecular weight excluding hydrogens is 412 g/mol. The average molecular weight is 445 g/mol. The highest BCUT2D eigenvalue weighted by molar-refractivity contribution is 9.09. The average Bonchev–Trinajstić information content (AvgIpc) is 3.06. The van der Waals surface area contributed by atoms with E-state index in [1.165, 1.54) is 16.6 Å². The van der Waals surface area contributed by atoms with E-state index < -0.39 is 0 Å². The number of fused-ring (bicyclic) bond motifs is 1. The zero-order valence-corrected chi connectivity index (χ0v) is 19.4. The Labute approximate surface area is 177 Å². The number of anilines is 1. The first-order chi connectivity index (χ1) is 12.9. The van der Waals surface area contributed by atoms with Gasteiger partial charge in [-0.1, -0.05) is 93.9 Å². The Balaban J connectivity index is 0.000000226. The maximum Gasteiger partial charge on any atom is 0.148 e. The van der Waals surface area contributed by atoms with Gasteiger partial charge in [-0.3, -0.25) is 4.79 Å². The van der Waals surface area contributed by atoms with Gasteiger partial charge in [0, 0.05) is 27.7 Å². The molecular formula is C24H33BrN2O. The number of hydrogen-bond acceptors (Lipinski definition) is 2. The number of nitrogens with two attached hydrogens (primary N) is 1. The zero-order chi connectivity index (χ0) is 21.4. The Morgan fingerprint density at radius 1 is 0.929 bits per heavy atom. The third kappa shape index (κ3) is 8.30. The first-order valence-electron chi connectivity index (χ1n) is 9.43. The predicted molar refractivity (Wildman–Crippen MR) is 126 cm³/mol. The van der Waals surface area contributed by atoms with Crippen LogP contribution in [-0.2, 0) is 10.2 Å². The lowest BCUT2D eigenvalue weighted by atomic mass is 9.92. The van der Waals surface area contributed by atoms with Crippen LogP contribution < -0.4 is 5.73 Å². The molecule has 0 bridgehead atoms.